The van der Waals surface area contributed by atoms with Gasteiger partial charge >= 0.3 is 6.18 Å². The summed E-state index contributed by atoms with van der Waals surface area (Å²) in [5.41, 5.74) is 1.32. The van der Waals surface area contributed by atoms with Crippen LogP contribution in [-0.2, 0) is 11.2 Å². The lowest BCUT2D eigenvalue weighted by Gasteiger charge is -2.33. The number of imidazole rings is 1. The Labute approximate surface area is 175 Å². The summed E-state index contributed by atoms with van der Waals surface area (Å²) in [6.45, 7) is 0.494. The summed E-state index contributed by atoms with van der Waals surface area (Å²) in [7, 11) is 0. The Bertz CT molecular complexity index is 1080. The second-order valence-corrected chi connectivity index (χ2v) is 7.48. The Kier molecular flexibility index (Phi) is 5.75. The SMILES string of the molecule is O=C(CC(F)(F)F)N1CCCC(Nc2ccnc(Cc3cnc4ccc(F)cn34)n2)C1. The highest BCUT2D eigenvalue weighted by Gasteiger charge is 2.35. The van der Waals surface area contributed by atoms with Crippen LogP contribution in [0.4, 0.5) is 23.4 Å². The molecule has 0 aromatic carbocycles. The fourth-order valence-corrected chi connectivity index (χ4v) is 3.68. The molecular formula is C20H20F4N6O. The molecule has 0 spiro atoms. The van der Waals surface area contributed by atoms with Gasteiger partial charge in [0, 0.05) is 37.7 Å². The number of nitrogens with zero attached hydrogens (tertiary/aromatic N) is 5. The molecule has 1 unspecified atom stereocenters. The lowest BCUT2D eigenvalue weighted by Crippen LogP contribution is -2.46. The first kappa shape index (κ1) is 21.0. The third-order valence-corrected chi connectivity index (χ3v) is 5.07. The molecule has 4 heterocycles. The molecule has 3 aromatic rings. The van der Waals surface area contributed by atoms with Crippen molar-refractivity contribution in [1.29, 1.82) is 0 Å². The molecule has 164 valence electrons. The number of likely N-dealkylation sites (tertiary alicyclic amines) is 1. The molecule has 31 heavy (non-hydrogen) atoms. The van der Waals surface area contributed by atoms with Gasteiger partial charge in [-0.2, -0.15) is 13.2 Å². The van der Waals surface area contributed by atoms with Crippen molar-refractivity contribution in [3.05, 3.63) is 54.1 Å². The highest BCUT2D eigenvalue weighted by molar-refractivity contribution is 5.77. The highest BCUT2D eigenvalue weighted by atomic mass is 19.4. The van der Waals surface area contributed by atoms with E-state index in [1.165, 1.54) is 17.2 Å². The van der Waals surface area contributed by atoms with Gasteiger partial charge in [0.05, 0.1) is 12.1 Å². The smallest absolute Gasteiger partial charge is 0.365 e. The summed E-state index contributed by atoms with van der Waals surface area (Å²) >= 11 is 0. The van der Waals surface area contributed by atoms with E-state index >= 15 is 0 Å². The largest absolute Gasteiger partial charge is 0.397 e. The van der Waals surface area contributed by atoms with E-state index in [9.17, 15) is 22.4 Å². The van der Waals surface area contributed by atoms with Gasteiger partial charge in [-0.25, -0.2) is 19.3 Å². The van der Waals surface area contributed by atoms with Crippen LogP contribution in [0.5, 0.6) is 0 Å². The Morgan fingerprint density at radius 1 is 1.23 bits per heavy atom. The van der Waals surface area contributed by atoms with E-state index in [1.807, 2.05) is 0 Å². The number of fused-ring (bicyclic) bond motifs is 1. The average molecular weight is 436 g/mol. The summed E-state index contributed by atoms with van der Waals surface area (Å²) in [5.74, 6) is -0.302. The molecule has 0 aliphatic carbocycles. The molecule has 1 aliphatic rings. The van der Waals surface area contributed by atoms with Gasteiger partial charge in [-0.1, -0.05) is 0 Å². The number of rotatable bonds is 5. The number of anilines is 1. The standard InChI is InChI=1S/C20H20F4N6O/c21-13-3-4-18-26-10-15(30(18)11-13)8-17-25-6-5-16(28-17)27-14-2-1-7-29(12-14)19(31)9-20(22,23)24/h3-6,10-11,14H,1-2,7-9,12H2,(H,25,27,28). The van der Waals surface area contributed by atoms with Crippen LogP contribution in [0.2, 0.25) is 0 Å². The number of hydrogen-bond donors (Lipinski definition) is 1. The normalized spacial score (nSPS) is 17.2. The molecule has 11 heteroatoms. The van der Waals surface area contributed by atoms with Crippen LogP contribution < -0.4 is 5.32 Å². The molecule has 1 fully saturated rings. The zero-order valence-electron chi connectivity index (χ0n) is 16.4. The zero-order valence-corrected chi connectivity index (χ0v) is 16.4. The fourth-order valence-electron chi connectivity index (χ4n) is 3.68. The van der Waals surface area contributed by atoms with E-state index in [0.29, 0.717) is 48.8 Å². The maximum absolute atomic E-state index is 13.6. The lowest BCUT2D eigenvalue weighted by molar-refractivity contribution is -0.162. The van der Waals surface area contributed by atoms with Crippen molar-refractivity contribution in [2.45, 2.75) is 37.9 Å². The first-order valence-corrected chi connectivity index (χ1v) is 9.81. The molecular weight excluding hydrogens is 416 g/mol. The number of nitrogens with one attached hydrogen (secondary N) is 1. The van der Waals surface area contributed by atoms with Crippen molar-refractivity contribution < 1.29 is 22.4 Å². The van der Waals surface area contributed by atoms with Crippen LogP contribution in [0.25, 0.3) is 5.65 Å². The van der Waals surface area contributed by atoms with Gasteiger partial charge in [0.1, 0.15) is 29.5 Å². The Hall–Kier alpha value is -3.24. The van der Waals surface area contributed by atoms with Gasteiger partial charge in [0.15, 0.2) is 0 Å². The van der Waals surface area contributed by atoms with Crippen molar-refractivity contribution >= 4 is 17.4 Å². The third-order valence-electron chi connectivity index (χ3n) is 5.07. The third kappa shape index (κ3) is 5.28. The second-order valence-electron chi connectivity index (χ2n) is 7.48. The Morgan fingerprint density at radius 3 is 2.87 bits per heavy atom. The molecule has 1 amide bonds. The van der Waals surface area contributed by atoms with Crippen molar-refractivity contribution in [1.82, 2.24) is 24.3 Å². The van der Waals surface area contributed by atoms with Gasteiger partial charge in [-0.15, -0.1) is 0 Å². The number of carbonyl (C=O) groups excluding carboxylic acids is 1. The number of amides is 1. The van der Waals surface area contributed by atoms with Crippen LogP contribution >= 0.6 is 0 Å². The fraction of sp³-hybridized carbons (Fsp3) is 0.400. The van der Waals surface area contributed by atoms with Gasteiger partial charge in [-0.05, 0) is 31.0 Å². The maximum atomic E-state index is 13.6. The summed E-state index contributed by atoms with van der Waals surface area (Å²) in [6, 6.07) is 4.36. The monoisotopic (exact) mass is 436 g/mol. The van der Waals surface area contributed by atoms with E-state index in [-0.39, 0.29) is 18.4 Å². The number of halogens is 4. The maximum Gasteiger partial charge on any atom is 0.397 e. The molecule has 1 saturated heterocycles. The average Bonchev–Trinajstić information content (AvgIpc) is 3.09. The quantitative estimate of drug-likeness (QED) is 0.622. The first-order valence-electron chi connectivity index (χ1n) is 9.81. The van der Waals surface area contributed by atoms with E-state index in [2.05, 4.69) is 20.3 Å². The molecule has 1 atom stereocenters. The molecule has 0 radical (unpaired) electrons. The number of piperidine rings is 1. The van der Waals surface area contributed by atoms with Gasteiger partial charge in [0.2, 0.25) is 5.91 Å². The van der Waals surface area contributed by atoms with Crippen molar-refractivity contribution in [3.8, 4) is 0 Å². The van der Waals surface area contributed by atoms with Gasteiger partial charge in [0.25, 0.3) is 0 Å². The summed E-state index contributed by atoms with van der Waals surface area (Å²) in [6.07, 6.45) is 0.216. The molecule has 7 nitrogen and oxygen atoms in total. The predicted molar refractivity (Wildman–Crippen MR) is 104 cm³/mol. The minimum Gasteiger partial charge on any atom is -0.365 e. The number of pyridine rings is 1. The Morgan fingerprint density at radius 2 is 2.06 bits per heavy atom. The Balaban J connectivity index is 1.42. The summed E-state index contributed by atoms with van der Waals surface area (Å²) in [4.78, 5) is 26.1. The van der Waals surface area contributed by atoms with E-state index in [0.717, 1.165) is 0 Å². The predicted octanol–water partition coefficient (Wildman–Crippen LogP) is 3.21. The summed E-state index contributed by atoms with van der Waals surface area (Å²) in [5, 5.41) is 3.19. The topological polar surface area (TPSA) is 75.4 Å². The first-order chi connectivity index (χ1) is 14.8. The summed E-state index contributed by atoms with van der Waals surface area (Å²) < 4.78 is 52.7. The van der Waals surface area contributed by atoms with E-state index in [4.69, 9.17) is 0 Å². The number of alkyl halides is 3. The van der Waals surface area contributed by atoms with Crippen molar-refractivity contribution in [2.24, 2.45) is 0 Å². The molecule has 0 saturated carbocycles. The van der Waals surface area contributed by atoms with Crippen molar-refractivity contribution in [2.75, 3.05) is 18.4 Å². The zero-order chi connectivity index (χ0) is 22.0. The molecule has 0 bridgehead atoms. The lowest BCUT2D eigenvalue weighted by atomic mass is 10.1. The van der Waals surface area contributed by atoms with E-state index < -0.39 is 18.5 Å². The van der Waals surface area contributed by atoms with Crippen LogP contribution in [0.1, 0.15) is 30.8 Å². The second kappa shape index (κ2) is 8.48. The minimum atomic E-state index is -4.51. The molecule has 1 N–H and O–H groups in total. The van der Waals surface area contributed by atoms with Gasteiger partial charge in [-0.3, -0.25) is 4.79 Å². The van der Waals surface area contributed by atoms with Crippen molar-refractivity contribution in [3.63, 3.8) is 0 Å². The minimum absolute atomic E-state index is 0.181. The molecule has 3 aromatic heterocycles. The van der Waals surface area contributed by atoms with Crippen LogP contribution in [0.3, 0.4) is 0 Å². The van der Waals surface area contributed by atoms with Gasteiger partial charge < -0.3 is 14.6 Å². The highest BCUT2D eigenvalue weighted by Crippen LogP contribution is 2.23. The molecule has 1 aliphatic heterocycles. The van der Waals surface area contributed by atoms with Crippen LogP contribution in [0, 0.1) is 5.82 Å². The van der Waals surface area contributed by atoms with Crippen LogP contribution in [0.15, 0.2) is 36.8 Å². The molecule has 4 rings (SSSR count). The van der Waals surface area contributed by atoms with Crippen LogP contribution in [-0.4, -0.2) is 55.5 Å². The number of aromatic nitrogens is 4. The van der Waals surface area contributed by atoms with E-state index in [1.54, 1.807) is 28.9 Å². The number of hydrogen-bond acceptors (Lipinski definition) is 5. The number of carbonyl (C=O) groups is 1.